The standard InChI is InChI=1S/C63H52N2/c1-43-33-39-55(56-29-18-22-46-21-17-28-52(62(46)56)44-19-7-5-8-20-44)60(41-43)65(57-30-14-11-25-50(57)45-34-37-48(38-35-45)63(2,3)4)58-31-15-12-26-51(58)47-36-40-54-53-27-13-16-32-59(53)64(61(54)42-47)49-23-9-6-10-24-49/h5-32,34-43H,33H2,1-4H3. The van der Waals surface area contributed by atoms with Crippen LogP contribution in [0.1, 0.15) is 45.2 Å². The van der Waals surface area contributed by atoms with E-state index in [1.165, 1.54) is 82.8 Å². The molecule has 0 amide bonds. The molecule has 1 aliphatic carbocycles. The van der Waals surface area contributed by atoms with Crippen molar-refractivity contribution in [2.45, 2.75) is 39.5 Å². The van der Waals surface area contributed by atoms with Crippen molar-refractivity contribution < 1.29 is 0 Å². The summed E-state index contributed by atoms with van der Waals surface area (Å²) in [6, 6.07) is 78.3. The summed E-state index contributed by atoms with van der Waals surface area (Å²) < 4.78 is 2.42. The number of fused-ring (bicyclic) bond motifs is 4. The summed E-state index contributed by atoms with van der Waals surface area (Å²) in [5.41, 5.74) is 18.0. The number of allylic oxidation sites excluding steroid dienone is 3. The first-order chi connectivity index (χ1) is 31.8. The molecule has 1 heterocycles. The van der Waals surface area contributed by atoms with Gasteiger partial charge in [-0.15, -0.1) is 0 Å². The van der Waals surface area contributed by atoms with E-state index in [4.69, 9.17) is 0 Å². The highest BCUT2D eigenvalue weighted by Gasteiger charge is 2.29. The number of anilines is 2. The van der Waals surface area contributed by atoms with Crippen LogP contribution in [-0.2, 0) is 5.41 Å². The molecule has 1 aromatic heterocycles. The summed E-state index contributed by atoms with van der Waals surface area (Å²) in [5.74, 6) is 0.322. The minimum Gasteiger partial charge on any atom is -0.309 e. The van der Waals surface area contributed by atoms with Gasteiger partial charge in [-0.1, -0.05) is 216 Å². The fraction of sp³-hybridized carbons (Fsp3) is 0.111. The van der Waals surface area contributed by atoms with Gasteiger partial charge < -0.3 is 9.47 Å². The molecule has 314 valence electrons. The highest BCUT2D eigenvalue weighted by Crippen LogP contribution is 2.49. The lowest BCUT2D eigenvalue weighted by Gasteiger charge is -2.35. The molecule has 1 unspecified atom stereocenters. The zero-order valence-electron chi connectivity index (χ0n) is 37.5. The maximum absolute atomic E-state index is 2.57. The molecule has 1 aliphatic rings. The number of aromatic nitrogens is 1. The normalized spacial score (nSPS) is 14.1. The third kappa shape index (κ3) is 7.26. The zero-order chi connectivity index (χ0) is 44.1. The van der Waals surface area contributed by atoms with E-state index in [2.05, 4.69) is 262 Å². The first kappa shape index (κ1) is 40.1. The Morgan fingerprint density at radius 2 is 1.03 bits per heavy atom. The summed E-state index contributed by atoms with van der Waals surface area (Å²) in [4.78, 5) is 2.57. The van der Waals surface area contributed by atoms with Gasteiger partial charge >= 0.3 is 0 Å². The van der Waals surface area contributed by atoms with Crippen molar-refractivity contribution in [3.8, 4) is 39.1 Å². The Bertz CT molecular complexity index is 3430. The Morgan fingerprint density at radius 3 is 1.74 bits per heavy atom. The van der Waals surface area contributed by atoms with E-state index in [1.807, 2.05) is 0 Å². The van der Waals surface area contributed by atoms with Crippen LogP contribution in [0.5, 0.6) is 0 Å². The molecule has 0 saturated carbocycles. The Labute approximate surface area is 383 Å². The molecular formula is C63H52N2. The van der Waals surface area contributed by atoms with Crippen molar-refractivity contribution in [3.63, 3.8) is 0 Å². The third-order valence-electron chi connectivity index (χ3n) is 13.3. The molecule has 2 nitrogen and oxygen atoms in total. The maximum Gasteiger partial charge on any atom is 0.0547 e. The van der Waals surface area contributed by atoms with Gasteiger partial charge in [0.25, 0.3) is 0 Å². The average Bonchev–Trinajstić information content (AvgIpc) is 3.68. The van der Waals surface area contributed by atoms with Crippen LogP contribution < -0.4 is 4.90 Å². The number of para-hydroxylation sites is 4. The molecule has 0 bridgehead atoms. The predicted octanol–water partition coefficient (Wildman–Crippen LogP) is 17.4. The van der Waals surface area contributed by atoms with Crippen LogP contribution in [0, 0.1) is 5.92 Å². The fourth-order valence-electron chi connectivity index (χ4n) is 10.1. The van der Waals surface area contributed by atoms with Gasteiger partial charge in [-0.2, -0.15) is 0 Å². The molecule has 0 radical (unpaired) electrons. The van der Waals surface area contributed by atoms with Crippen LogP contribution >= 0.6 is 0 Å². The smallest absolute Gasteiger partial charge is 0.0547 e. The SMILES string of the molecule is CC1C=C(N(c2ccccc2-c2ccc(C(C)(C)C)cc2)c2ccccc2-c2ccc3c4ccccc4n(-c4ccccc4)c3c2)C(c2cccc3cccc(-c4ccccc4)c23)=CC1. The molecule has 1 atom stereocenters. The lowest BCUT2D eigenvalue weighted by atomic mass is 9.84. The van der Waals surface area contributed by atoms with E-state index in [0.717, 1.165) is 29.0 Å². The molecule has 11 rings (SSSR count). The van der Waals surface area contributed by atoms with Crippen LogP contribution in [0.25, 0.3) is 77.2 Å². The minimum absolute atomic E-state index is 0.0517. The van der Waals surface area contributed by atoms with Gasteiger partial charge in [-0.25, -0.2) is 0 Å². The van der Waals surface area contributed by atoms with E-state index in [-0.39, 0.29) is 5.41 Å². The molecular weight excluding hydrogens is 785 g/mol. The second-order valence-corrected chi connectivity index (χ2v) is 18.6. The number of hydrogen-bond acceptors (Lipinski definition) is 1. The van der Waals surface area contributed by atoms with Gasteiger partial charge in [-0.3, -0.25) is 0 Å². The van der Waals surface area contributed by atoms with E-state index < -0.39 is 0 Å². The average molecular weight is 837 g/mol. The van der Waals surface area contributed by atoms with E-state index >= 15 is 0 Å². The van der Waals surface area contributed by atoms with E-state index in [9.17, 15) is 0 Å². The lowest BCUT2D eigenvalue weighted by molar-refractivity contribution is 0.590. The van der Waals surface area contributed by atoms with Gasteiger partial charge in [0.2, 0.25) is 0 Å². The second kappa shape index (κ2) is 16.5. The summed E-state index contributed by atoms with van der Waals surface area (Å²) in [7, 11) is 0. The first-order valence-corrected chi connectivity index (χ1v) is 23.0. The molecule has 9 aromatic carbocycles. The molecule has 65 heavy (non-hydrogen) atoms. The summed E-state index contributed by atoms with van der Waals surface area (Å²) in [5, 5.41) is 4.99. The van der Waals surface area contributed by atoms with Crippen molar-refractivity contribution in [2.75, 3.05) is 4.90 Å². The van der Waals surface area contributed by atoms with Gasteiger partial charge in [0.1, 0.15) is 0 Å². The molecule has 0 N–H and O–H groups in total. The lowest BCUT2D eigenvalue weighted by Crippen LogP contribution is -2.22. The number of nitrogens with zero attached hydrogens (tertiary/aromatic N) is 2. The largest absolute Gasteiger partial charge is 0.309 e. The fourth-order valence-corrected chi connectivity index (χ4v) is 10.1. The van der Waals surface area contributed by atoms with Crippen molar-refractivity contribution in [1.82, 2.24) is 4.57 Å². The Kier molecular flexibility index (Phi) is 10.2. The number of benzene rings is 9. The molecule has 0 aliphatic heterocycles. The number of hydrogen-bond donors (Lipinski definition) is 0. The minimum atomic E-state index is 0.0517. The third-order valence-corrected chi connectivity index (χ3v) is 13.3. The van der Waals surface area contributed by atoms with Crippen molar-refractivity contribution in [1.29, 1.82) is 0 Å². The Hall–Kier alpha value is -7.68. The monoisotopic (exact) mass is 836 g/mol. The van der Waals surface area contributed by atoms with Crippen LogP contribution in [-0.4, -0.2) is 4.57 Å². The summed E-state index contributed by atoms with van der Waals surface area (Å²) in [6.45, 7) is 9.20. The highest BCUT2D eigenvalue weighted by molar-refractivity contribution is 6.11. The topological polar surface area (TPSA) is 8.17 Å². The van der Waals surface area contributed by atoms with Gasteiger partial charge in [0.15, 0.2) is 0 Å². The molecule has 10 aromatic rings. The van der Waals surface area contributed by atoms with Crippen molar-refractivity contribution in [2.24, 2.45) is 5.92 Å². The highest BCUT2D eigenvalue weighted by atomic mass is 15.2. The first-order valence-electron chi connectivity index (χ1n) is 23.0. The molecule has 2 heteroatoms. The van der Waals surface area contributed by atoms with Gasteiger partial charge in [0.05, 0.1) is 22.4 Å². The summed E-state index contributed by atoms with van der Waals surface area (Å²) in [6.07, 6.45) is 5.97. The molecule has 0 fully saturated rings. The van der Waals surface area contributed by atoms with Gasteiger partial charge in [0, 0.05) is 38.9 Å². The quantitative estimate of drug-likeness (QED) is 0.148. The van der Waals surface area contributed by atoms with Crippen molar-refractivity contribution >= 4 is 49.5 Å². The Balaban J connectivity index is 1.17. The molecule has 0 saturated heterocycles. The van der Waals surface area contributed by atoms with Crippen LogP contribution in [0.2, 0.25) is 0 Å². The second-order valence-electron chi connectivity index (χ2n) is 18.6. The Morgan fingerprint density at radius 1 is 0.477 bits per heavy atom. The zero-order valence-corrected chi connectivity index (χ0v) is 37.5. The van der Waals surface area contributed by atoms with E-state index in [0.29, 0.717) is 5.92 Å². The number of rotatable bonds is 8. The summed E-state index contributed by atoms with van der Waals surface area (Å²) >= 11 is 0. The van der Waals surface area contributed by atoms with E-state index in [1.54, 1.807) is 0 Å². The van der Waals surface area contributed by atoms with Crippen molar-refractivity contribution in [3.05, 3.63) is 241 Å². The van der Waals surface area contributed by atoms with Crippen LogP contribution in [0.3, 0.4) is 0 Å². The predicted molar refractivity (Wildman–Crippen MR) is 278 cm³/mol. The maximum atomic E-state index is 2.57. The van der Waals surface area contributed by atoms with Gasteiger partial charge in [-0.05, 0) is 98.3 Å². The van der Waals surface area contributed by atoms with Crippen LogP contribution in [0.4, 0.5) is 11.4 Å². The van der Waals surface area contributed by atoms with Crippen LogP contribution in [0.15, 0.2) is 230 Å². The molecule has 0 spiro atoms.